The number of rotatable bonds is 4. The summed E-state index contributed by atoms with van der Waals surface area (Å²) in [5.74, 6) is 0.232. The molecule has 0 bridgehead atoms. The summed E-state index contributed by atoms with van der Waals surface area (Å²) >= 11 is 0. The Bertz CT molecular complexity index is 506. The fraction of sp³-hybridized carbons (Fsp3) is 0.562. The van der Waals surface area contributed by atoms with Gasteiger partial charge in [0.1, 0.15) is 5.82 Å². The van der Waals surface area contributed by atoms with E-state index in [1.807, 2.05) is 6.07 Å². The number of carbonyl (C=O) groups is 1. The van der Waals surface area contributed by atoms with Crippen LogP contribution < -0.4 is 11.1 Å². The Kier molecular flexibility index (Phi) is 5.31. The Balaban J connectivity index is 1.78. The normalized spacial score (nSPS) is 23.0. The van der Waals surface area contributed by atoms with Crippen molar-refractivity contribution in [3.05, 3.63) is 35.1 Å². The van der Waals surface area contributed by atoms with Gasteiger partial charge in [-0.1, -0.05) is 19.1 Å². The highest BCUT2D eigenvalue weighted by molar-refractivity contribution is 5.78. The van der Waals surface area contributed by atoms with E-state index in [9.17, 15) is 9.18 Å². The van der Waals surface area contributed by atoms with Crippen molar-refractivity contribution >= 4 is 5.91 Å². The lowest BCUT2D eigenvalue weighted by atomic mass is 9.94. The molecule has 3 N–H and O–H groups in total. The van der Waals surface area contributed by atoms with Gasteiger partial charge in [0.2, 0.25) is 5.91 Å². The first-order valence-corrected chi connectivity index (χ1v) is 7.45. The minimum Gasteiger partial charge on any atom is -0.351 e. The summed E-state index contributed by atoms with van der Waals surface area (Å²) in [6, 6.07) is 5.16. The van der Waals surface area contributed by atoms with E-state index in [1.165, 1.54) is 6.07 Å². The quantitative estimate of drug-likeness (QED) is 0.882. The molecule has 116 valence electrons. The van der Waals surface area contributed by atoms with Crippen molar-refractivity contribution in [3.63, 3.8) is 0 Å². The maximum atomic E-state index is 13.4. The molecule has 1 fully saturated rings. The second-order valence-corrected chi connectivity index (χ2v) is 6.03. The lowest BCUT2D eigenvalue weighted by Crippen LogP contribution is -2.50. The first-order chi connectivity index (χ1) is 9.95. The largest absolute Gasteiger partial charge is 0.351 e. The number of hydrogen-bond donors (Lipinski definition) is 2. The van der Waals surface area contributed by atoms with Crippen molar-refractivity contribution in [1.29, 1.82) is 0 Å². The van der Waals surface area contributed by atoms with E-state index in [-0.39, 0.29) is 17.8 Å². The van der Waals surface area contributed by atoms with Crippen LogP contribution in [0.15, 0.2) is 18.2 Å². The summed E-state index contributed by atoms with van der Waals surface area (Å²) in [6.07, 6.45) is 1.03. The monoisotopic (exact) mass is 293 g/mol. The summed E-state index contributed by atoms with van der Waals surface area (Å²) in [5, 5.41) is 2.83. The van der Waals surface area contributed by atoms with E-state index in [0.717, 1.165) is 25.1 Å². The molecule has 0 aliphatic carbocycles. The lowest BCUT2D eigenvalue weighted by molar-refractivity contribution is -0.122. The van der Waals surface area contributed by atoms with Gasteiger partial charge in [0.05, 0.1) is 6.54 Å². The van der Waals surface area contributed by atoms with Crippen LogP contribution in [0.5, 0.6) is 0 Å². The van der Waals surface area contributed by atoms with Crippen LogP contribution in [0, 0.1) is 18.7 Å². The van der Waals surface area contributed by atoms with Crippen molar-refractivity contribution in [3.8, 4) is 0 Å². The van der Waals surface area contributed by atoms with Gasteiger partial charge in [0, 0.05) is 19.1 Å². The van der Waals surface area contributed by atoms with Gasteiger partial charge in [-0.15, -0.1) is 0 Å². The molecule has 1 saturated heterocycles. The Morgan fingerprint density at radius 3 is 2.95 bits per heavy atom. The van der Waals surface area contributed by atoms with Crippen LogP contribution in [-0.2, 0) is 11.3 Å². The lowest BCUT2D eigenvalue weighted by Gasteiger charge is -2.34. The third kappa shape index (κ3) is 4.51. The molecule has 0 saturated carbocycles. The molecule has 0 aromatic heterocycles. The Morgan fingerprint density at radius 1 is 1.52 bits per heavy atom. The fourth-order valence-corrected chi connectivity index (χ4v) is 2.52. The Morgan fingerprint density at radius 2 is 2.29 bits per heavy atom. The number of hydrogen-bond acceptors (Lipinski definition) is 3. The number of piperidine rings is 1. The van der Waals surface area contributed by atoms with Crippen LogP contribution in [0.4, 0.5) is 4.39 Å². The van der Waals surface area contributed by atoms with E-state index >= 15 is 0 Å². The average molecular weight is 293 g/mol. The highest BCUT2D eigenvalue weighted by atomic mass is 19.1. The number of nitrogens with one attached hydrogen (secondary N) is 1. The second kappa shape index (κ2) is 7.00. The highest BCUT2D eigenvalue weighted by Gasteiger charge is 2.24. The summed E-state index contributed by atoms with van der Waals surface area (Å²) in [7, 11) is 0. The van der Waals surface area contributed by atoms with Crippen LogP contribution in [0.2, 0.25) is 0 Å². The fourth-order valence-electron chi connectivity index (χ4n) is 2.52. The molecule has 0 radical (unpaired) electrons. The minimum absolute atomic E-state index is 0.0438. The Labute approximate surface area is 125 Å². The van der Waals surface area contributed by atoms with E-state index in [4.69, 9.17) is 5.73 Å². The third-order valence-electron chi connectivity index (χ3n) is 4.19. The molecule has 1 aliphatic heterocycles. The van der Waals surface area contributed by atoms with Crippen molar-refractivity contribution in [2.75, 3.05) is 19.6 Å². The predicted octanol–water partition coefficient (Wildman–Crippen LogP) is 1.42. The van der Waals surface area contributed by atoms with Gasteiger partial charge >= 0.3 is 0 Å². The van der Waals surface area contributed by atoms with Crippen molar-refractivity contribution in [2.24, 2.45) is 11.7 Å². The molecular formula is C16H24FN3O. The summed E-state index contributed by atoms with van der Waals surface area (Å²) in [6.45, 7) is 6.24. The summed E-state index contributed by atoms with van der Waals surface area (Å²) in [5.41, 5.74) is 7.41. The molecule has 0 spiro atoms. The van der Waals surface area contributed by atoms with Crippen LogP contribution in [0.1, 0.15) is 24.5 Å². The molecule has 1 aromatic carbocycles. The van der Waals surface area contributed by atoms with E-state index in [0.29, 0.717) is 24.6 Å². The number of nitrogens with two attached hydrogens (primary N) is 1. The molecular weight excluding hydrogens is 269 g/mol. The molecule has 1 aromatic rings. The van der Waals surface area contributed by atoms with E-state index in [1.54, 1.807) is 13.0 Å². The van der Waals surface area contributed by atoms with Gasteiger partial charge in [-0.05, 0) is 43.0 Å². The zero-order valence-corrected chi connectivity index (χ0v) is 12.7. The first kappa shape index (κ1) is 15.9. The smallest absolute Gasteiger partial charge is 0.234 e. The van der Waals surface area contributed by atoms with Gasteiger partial charge in [-0.25, -0.2) is 4.39 Å². The first-order valence-electron chi connectivity index (χ1n) is 7.45. The molecule has 1 heterocycles. The standard InChI is InChI=1S/C16H24FN3O/c1-11-3-4-13(7-14(11)17)8-19-16(21)10-20-6-5-12(2)15(18)9-20/h3-4,7,12,15H,5-6,8-10,18H2,1-2H3,(H,19,21). The molecule has 4 nitrogen and oxygen atoms in total. The maximum absolute atomic E-state index is 13.4. The molecule has 2 unspecified atom stereocenters. The number of carbonyl (C=O) groups excluding carboxylic acids is 1. The molecule has 5 heteroatoms. The summed E-state index contributed by atoms with van der Waals surface area (Å²) in [4.78, 5) is 14.0. The minimum atomic E-state index is -0.238. The third-order valence-corrected chi connectivity index (χ3v) is 4.19. The number of benzene rings is 1. The zero-order chi connectivity index (χ0) is 15.4. The van der Waals surface area contributed by atoms with E-state index in [2.05, 4.69) is 17.1 Å². The summed E-state index contributed by atoms with van der Waals surface area (Å²) < 4.78 is 13.4. The average Bonchev–Trinajstić information content (AvgIpc) is 2.44. The zero-order valence-electron chi connectivity index (χ0n) is 12.7. The second-order valence-electron chi connectivity index (χ2n) is 6.03. The molecule has 1 aliphatic rings. The van der Waals surface area contributed by atoms with Crippen LogP contribution in [0.3, 0.4) is 0 Å². The molecule has 21 heavy (non-hydrogen) atoms. The SMILES string of the molecule is Cc1ccc(CNC(=O)CN2CCC(C)C(N)C2)cc1F. The number of nitrogens with zero attached hydrogens (tertiary/aromatic N) is 1. The number of amides is 1. The predicted molar refractivity (Wildman–Crippen MR) is 81.2 cm³/mol. The van der Waals surface area contributed by atoms with E-state index < -0.39 is 0 Å². The van der Waals surface area contributed by atoms with Gasteiger partial charge < -0.3 is 11.1 Å². The van der Waals surface area contributed by atoms with Gasteiger partial charge in [0.15, 0.2) is 0 Å². The van der Waals surface area contributed by atoms with Crippen LogP contribution in [0.25, 0.3) is 0 Å². The number of aryl methyl sites for hydroxylation is 1. The van der Waals surface area contributed by atoms with Crippen molar-refractivity contribution < 1.29 is 9.18 Å². The number of halogens is 1. The van der Waals surface area contributed by atoms with Crippen LogP contribution in [-0.4, -0.2) is 36.5 Å². The van der Waals surface area contributed by atoms with Gasteiger partial charge in [-0.2, -0.15) is 0 Å². The van der Waals surface area contributed by atoms with Crippen molar-refractivity contribution in [1.82, 2.24) is 10.2 Å². The van der Waals surface area contributed by atoms with Gasteiger partial charge in [-0.3, -0.25) is 9.69 Å². The van der Waals surface area contributed by atoms with Crippen LogP contribution >= 0.6 is 0 Å². The van der Waals surface area contributed by atoms with Crippen molar-refractivity contribution in [2.45, 2.75) is 32.9 Å². The topological polar surface area (TPSA) is 58.4 Å². The molecule has 2 rings (SSSR count). The Hall–Kier alpha value is -1.46. The number of likely N-dealkylation sites (tertiary alicyclic amines) is 1. The molecule has 1 amide bonds. The highest BCUT2D eigenvalue weighted by Crippen LogP contribution is 2.15. The van der Waals surface area contributed by atoms with Gasteiger partial charge in [0.25, 0.3) is 0 Å². The maximum Gasteiger partial charge on any atom is 0.234 e. The molecule has 2 atom stereocenters.